The van der Waals surface area contributed by atoms with Gasteiger partial charge in [-0.15, -0.1) is 0 Å². The highest BCUT2D eigenvalue weighted by Crippen LogP contribution is 2.25. The summed E-state index contributed by atoms with van der Waals surface area (Å²) in [5.41, 5.74) is 2.97. The van der Waals surface area contributed by atoms with Crippen molar-refractivity contribution in [1.82, 2.24) is 4.57 Å². The van der Waals surface area contributed by atoms with Crippen molar-refractivity contribution in [3.63, 3.8) is 0 Å². The van der Waals surface area contributed by atoms with E-state index in [-0.39, 0.29) is 10.6 Å². The van der Waals surface area contributed by atoms with Gasteiger partial charge in [-0.1, -0.05) is 28.1 Å². The van der Waals surface area contributed by atoms with Crippen LogP contribution in [0.1, 0.15) is 11.1 Å². The normalized spacial score (nSPS) is 11.0. The van der Waals surface area contributed by atoms with Crippen LogP contribution < -0.4 is 0 Å². The average Bonchev–Trinajstić information content (AvgIpc) is 2.83. The Morgan fingerprint density at radius 3 is 2.81 bits per heavy atom. The summed E-state index contributed by atoms with van der Waals surface area (Å²) in [7, 11) is 0. The summed E-state index contributed by atoms with van der Waals surface area (Å²) in [6.07, 6.45) is 2.01. The number of rotatable bonds is 3. The Morgan fingerprint density at radius 2 is 2.05 bits per heavy atom. The summed E-state index contributed by atoms with van der Waals surface area (Å²) in [6.45, 7) is 2.42. The zero-order valence-electron chi connectivity index (χ0n) is 11.4. The number of benzene rings is 2. The highest BCUT2D eigenvalue weighted by molar-refractivity contribution is 9.10. The molecule has 0 spiro atoms. The molecule has 0 bridgehead atoms. The number of hydrogen-bond acceptors (Lipinski definition) is 2. The Morgan fingerprint density at radius 1 is 1.24 bits per heavy atom. The van der Waals surface area contributed by atoms with Crippen LogP contribution in [-0.2, 0) is 6.54 Å². The quantitative estimate of drug-likeness (QED) is 0.512. The van der Waals surface area contributed by atoms with E-state index in [1.54, 1.807) is 19.1 Å². The first-order valence-corrected chi connectivity index (χ1v) is 7.33. The molecule has 1 heterocycles. The average molecular weight is 345 g/mol. The Kier molecular flexibility index (Phi) is 3.51. The topological polar surface area (TPSA) is 48.1 Å². The smallest absolute Gasteiger partial charge is 0.272 e. The molecule has 0 unspecified atom stereocenters. The first-order valence-electron chi connectivity index (χ1n) is 6.53. The van der Waals surface area contributed by atoms with E-state index in [2.05, 4.69) is 26.6 Å². The van der Waals surface area contributed by atoms with Gasteiger partial charge in [0.15, 0.2) is 0 Å². The fourth-order valence-electron chi connectivity index (χ4n) is 2.53. The van der Waals surface area contributed by atoms with Crippen molar-refractivity contribution in [1.29, 1.82) is 0 Å². The van der Waals surface area contributed by atoms with E-state index >= 15 is 0 Å². The third-order valence-corrected chi connectivity index (χ3v) is 4.18. The molecule has 0 aliphatic heterocycles. The van der Waals surface area contributed by atoms with Gasteiger partial charge in [-0.25, -0.2) is 0 Å². The van der Waals surface area contributed by atoms with Crippen molar-refractivity contribution in [2.75, 3.05) is 0 Å². The summed E-state index contributed by atoms with van der Waals surface area (Å²) >= 11 is 3.46. The lowest BCUT2D eigenvalue weighted by molar-refractivity contribution is -0.385. The molecule has 0 N–H and O–H groups in total. The second kappa shape index (κ2) is 5.33. The molecular formula is C16H13BrN2O2. The van der Waals surface area contributed by atoms with Gasteiger partial charge in [-0.2, -0.15) is 0 Å². The summed E-state index contributed by atoms with van der Waals surface area (Å²) in [4.78, 5) is 10.7. The lowest BCUT2D eigenvalue weighted by Crippen LogP contribution is -2.02. The first-order chi connectivity index (χ1) is 10.1. The van der Waals surface area contributed by atoms with Crippen molar-refractivity contribution in [3.8, 4) is 0 Å². The number of aromatic nitrogens is 1. The molecule has 0 aliphatic rings. The molecule has 0 amide bonds. The van der Waals surface area contributed by atoms with Crippen LogP contribution in [0, 0.1) is 17.0 Å². The van der Waals surface area contributed by atoms with Gasteiger partial charge < -0.3 is 4.57 Å². The van der Waals surface area contributed by atoms with Crippen molar-refractivity contribution in [2.24, 2.45) is 0 Å². The maximum absolute atomic E-state index is 11.0. The van der Waals surface area contributed by atoms with Crippen molar-refractivity contribution < 1.29 is 4.92 Å². The zero-order chi connectivity index (χ0) is 15.0. The molecule has 106 valence electrons. The molecule has 5 heteroatoms. The molecular weight excluding hydrogens is 332 g/mol. The van der Waals surface area contributed by atoms with Gasteiger partial charge in [0.25, 0.3) is 5.69 Å². The fraction of sp³-hybridized carbons (Fsp3) is 0.125. The van der Waals surface area contributed by atoms with Gasteiger partial charge in [0.05, 0.1) is 4.92 Å². The van der Waals surface area contributed by atoms with Crippen molar-refractivity contribution in [2.45, 2.75) is 13.5 Å². The molecule has 0 atom stereocenters. The number of hydrogen-bond donors (Lipinski definition) is 0. The lowest BCUT2D eigenvalue weighted by Gasteiger charge is -2.09. The van der Waals surface area contributed by atoms with E-state index in [4.69, 9.17) is 0 Å². The maximum atomic E-state index is 11.0. The second-order valence-electron chi connectivity index (χ2n) is 4.97. The van der Waals surface area contributed by atoms with E-state index in [0.29, 0.717) is 6.54 Å². The minimum atomic E-state index is -0.330. The SMILES string of the molecule is Cc1c(Cn2ccc3cc(Br)ccc32)cccc1[N+](=O)[O-]. The number of halogens is 1. The predicted octanol–water partition coefficient (Wildman–Crippen LogP) is 4.67. The van der Waals surface area contributed by atoms with Crippen LogP contribution in [-0.4, -0.2) is 9.49 Å². The van der Waals surface area contributed by atoms with Crippen molar-refractivity contribution in [3.05, 3.63) is 74.4 Å². The van der Waals surface area contributed by atoms with Crippen LogP contribution in [0.3, 0.4) is 0 Å². The minimum absolute atomic E-state index is 0.173. The Hall–Kier alpha value is -2.14. The fourth-order valence-corrected chi connectivity index (χ4v) is 2.91. The standard InChI is InChI=1S/C16H13BrN2O2/c1-11-13(3-2-4-15(11)19(20)21)10-18-8-7-12-9-14(17)5-6-16(12)18/h2-9H,10H2,1H3. The van der Waals surface area contributed by atoms with Crippen LogP contribution in [0.2, 0.25) is 0 Å². The second-order valence-corrected chi connectivity index (χ2v) is 5.88. The van der Waals surface area contributed by atoms with Crippen LogP contribution in [0.4, 0.5) is 5.69 Å². The number of fused-ring (bicyclic) bond motifs is 1. The zero-order valence-corrected chi connectivity index (χ0v) is 13.0. The van der Waals surface area contributed by atoms with Gasteiger partial charge in [0, 0.05) is 39.7 Å². The molecule has 3 aromatic rings. The molecule has 3 rings (SSSR count). The van der Waals surface area contributed by atoms with Crippen LogP contribution >= 0.6 is 15.9 Å². The van der Waals surface area contributed by atoms with Crippen LogP contribution in [0.5, 0.6) is 0 Å². The third kappa shape index (κ3) is 2.56. The Labute approximate surface area is 130 Å². The van der Waals surface area contributed by atoms with Crippen LogP contribution in [0.15, 0.2) is 53.1 Å². The van der Waals surface area contributed by atoms with E-state index in [0.717, 1.165) is 26.5 Å². The molecule has 2 aromatic carbocycles. The molecule has 4 nitrogen and oxygen atoms in total. The van der Waals surface area contributed by atoms with E-state index in [1.807, 2.05) is 30.5 Å². The Bertz CT molecular complexity index is 839. The number of nitro groups is 1. The van der Waals surface area contributed by atoms with E-state index in [1.165, 1.54) is 0 Å². The molecule has 0 saturated carbocycles. The minimum Gasteiger partial charge on any atom is -0.343 e. The van der Waals surface area contributed by atoms with Gasteiger partial charge in [0.2, 0.25) is 0 Å². The van der Waals surface area contributed by atoms with Crippen molar-refractivity contribution >= 4 is 32.5 Å². The number of nitro benzene ring substituents is 1. The van der Waals surface area contributed by atoms with Crippen LogP contribution in [0.25, 0.3) is 10.9 Å². The monoisotopic (exact) mass is 344 g/mol. The molecule has 0 saturated heterocycles. The molecule has 1 aromatic heterocycles. The van der Waals surface area contributed by atoms with Gasteiger partial charge in [-0.3, -0.25) is 10.1 Å². The highest BCUT2D eigenvalue weighted by Gasteiger charge is 2.13. The number of nitrogens with zero attached hydrogens (tertiary/aromatic N) is 2. The largest absolute Gasteiger partial charge is 0.343 e. The molecule has 0 aliphatic carbocycles. The third-order valence-electron chi connectivity index (χ3n) is 3.69. The molecule has 0 radical (unpaired) electrons. The summed E-state index contributed by atoms with van der Waals surface area (Å²) in [5, 5.41) is 12.2. The summed E-state index contributed by atoms with van der Waals surface area (Å²) in [6, 6.07) is 13.4. The van der Waals surface area contributed by atoms with Gasteiger partial charge in [-0.05, 0) is 36.8 Å². The summed E-state index contributed by atoms with van der Waals surface area (Å²) < 4.78 is 3.15. The van der Waals surface area contributed by atoms with E-state index < -0.39 is 0 Å². The Balaban J connectivity index is 2.03. The lowest BCUT2D eigenvalue weighted by atomic mass is 10.1. The van der Waals surface area contributed by atoms with E-state index in [9.17, 15) is 10.1 Å². The predicted molar refractivity (Wildman–Crippen MR) is 86.6 cm³/mol. The molecule has 0 fully saturated rings. The first kappa shape index (κ1) is 13.8. The van der Waals surface area contributed by atoms with Gasteiger partial charge >= 0.3 is 0 Å². The highest BCUT2D eigenvalue weighted by atomic mass is 79.9. The maximum Gasteiger partial charge on any atom is 0.272 e. The molecule has 21 heavy (non-hydrogen) atoms. The van der Waals surface area contributed by atoms with Gasteiger partial charge in [0.1, 0.15) is 0 Å². The summed E-state index contributed by atoms with van der Waals surface area (Å²) in [5.74, 6) is 0.